The minimum Gasteiger partial charge on any atom is -0.310 e. The summed E-state index contributed by atoms with van der Waals surface area (Å²) in [5.74, 6) is 0.904. The number of allylic oxidation sites excluding steroid dienone is 10. The predicted octanol–water partition coefficient (Wildman–Crippen LogP) is 5.38. The van der Waals surface area contributed by atoms with Crippen molar-refractivity contribution in [1.82, 2.24) is 9.80 Å². The highest BCUT2D eigenvalue weighted by molar-refractivity contribution is 5.86. The summed E-state index contributed by atoms with van der Waals surface area (Å²) in [6.07, 6.45) is 19.0. The Morgan fingerprint density at radius 2 is 1.23 bits per heavy atom. The number of nitrogens with zero attached hydrogens (tertiary/aromatic N) is 3. The van der Waals surface area contributed by atoms with Crippen molar-refractivity contribution >= 4 is 5.96 Å². The highest BCUT2D eigenvalue weighted by atomic mass is 15.4. The average molecular weight is 350 g/mol. The monoisotopic (exact) mass is 349 g/mol. The van der Waals surface area contributed by atoms with Gasteiger partial charge in [0.2, 0.25) is 5.96 Å². The van der Waals surface area contributed by atoms with Gasteiger partial charge in [-0.05, 0) is 45.1 Å². The molecule has 0 aromatic rings. The van der Waals surface area contributed by atoms with Gasteiger partial charge >= 0.3 is 0 Å². The Bertz CT molecular complexity index is 629. The molecule has 0 aromatic heterocycles. The Morgan fingerprint density at radius 3 is 1.54 bits per heavy atom. The van der Waals surface area contributed by atoms with E-state index in [4.69, 9.17) is 4.99 Å². The second kappa shape index (κ2) is 10.2. The van der Waals surface area contributed by atoms with Gasteiger partial charge in [0.05, 0.1) is 5.54 Å². The highest BCUT2D eigenvalue weighted by Gasteiger charge is 2.31. The summed E-state index contributed by atoms with van der Waals surface area (Å²) in [6, 6.07) is 0. The van der Waals surface area contributed by atoms with Crippen LogP contribution >= 0.6 is 0 Å². The quantitative estimate of drug-likeness (QED) is 0.548. The summed E-state index contributed by atoms with van der Waals surface area (Å²) in [6.45, 7) is 23.2. The molecule has 26 heavy (non-hydrogen) atoms. The van der Waals surface area contributed by atoms with E-state index in [0.717, 1.165) is 30.4 Å². The van der Waals surface area contributed by atoms with Crippen LogP contribution in [0.2, 0.25) is 0 Å². The van der Waals surface area contributed by atoms with Crippen molar-refractivity contribution in [2.75, 3.05) is 13.1 Å². The first-order chi connectivity index (χ1) is 12.4. The molecule has 1 heterocycles. The third-order valence-electron chi connectivity index (χ3n) is 3.47. The molecule has 0 unspecified atom stereocenters. The fourth-order valence-electron chi connectivity index (χ4n) is 2.50. The van der Waals surface area contributed by atoms with Crippen LogP contribution < -0.4 is 0 Å². The van der Waals surface area contributed by atoms with Gasteiger partial charge in [0.25, 0.3) is 0 Å². The van der Waals surface area contributed by atoms with Crippen LogP contribution in [0.4, 0.5) is 0 Å². The van der Waals surface area contributed by atoms with E-state index in [9.17, 15) is 0 Å². The van der Waals surface area contributed by atoms with Crippen LogP contribution in [0.15, 0.2) is 103 Å². The van der Waals surface area contributed by atoms with Crippen molar-refractivity contribution in [2.45, 2.75) is 26.3 Å². The summed E-state index contributed by atoms with van der Waals surface area (Å²) in [7, 11) is 0. The normalized spacial score (nSPS) is 16.5. The molecule has 1 aliphatic heterocycles. The molecule has 3 nitrogen and oxygen atoms in total. The van der Waals surface area contributed by atoms with Crippen LogP contribution in [0.25, 0.3) is 0 Å². The van der Waals surface area contributed by atoms with Gasteiger partial charge < -0.3 is 9.80 Å². The zero-order valence-electron chi connectivity index (χ0n) is 16.4. The van der Waals surface area contributed by atoms with Gasteiger partial charge in [-0.15, -0.1) is 0 Å². The Labute approximate surface area is 159 Å². The molecule has 0 amide bonds. The van der Waals surface area contributed by atoms with Crippen LogP contribution in [-0.2, 0) is 0 Å². The lowest BCUT2D eigenvalue weighted by Crippen LogP contribution is -2.34. The number of aliphatic imine (C=N–C) groups is 1. The maximum Gasteiger partial charge on any atom is 0.206 e. The van der Waals surface area contributed by atoms with Crippen molar-refractivity contribution in [3.8, 4) is 0 Å². The van der Waals surface area contributed by atoms with Crippen LogP contribution in [0.3, 0.4) is 0 Å². The molecular formula is C23H31N3. The lowest BCUT2D eigenvalue weighted by Gasteiger charge is -2.27. The average Bonchev–Trinajstić information content (AvgIpc) is 2.96. The lowest BCUT2D eigenvalue weighted by molar-refractivity contribution is 0.527. The highest BCUT2D eigenvalue weighted by Crippen LogP contribution is 2.24. The summed E-state index contributed by atoms with van der Waals surface area (Å²) in [5.41, 5.74) is 1.84. The van der Waals surface area contributed by atoms with Gasteiger partial charge in [0.15, 0.2) is 0 Å². The summed E-state index contributed by atoms with van der Waals surface area (Å²) < 4.78 is 0. The summed E-state index contributed by atoms with van der Waals surface area (Å²) in [4.78, 5) is 9.39. The molecule has 0 N–H and O–H groups in total. The molecular weight excluding hydrogens is 318 g/mol. The largest absolute Gasteiger partial charge is 0.310 e. The molecule has 0 saturated carbocycles. The van der Waals surface area contributed by atoms with Gasteiger partial charge in [-0.25, -0.2) is 4.99 Å². The van der Waals surface area contributed by atoms with Crippen molar-refractivity contribution in [1.29, 1.82) is 0 Å². The van der Waals surface area contributed by atoms with E-state index >= 15 is 0 Å². The second-order valence-corrected chi connectivity index (χ2v) is 6.73. The molecule has 1 rings (SSSR count). The molecule has 0 aliphatic carbocycles. The van der Waals surface area contributed by atoms with Crippen molar-refractivity contribution < 1.29 is 0 Å². The molecule has 0 spiro atoms. The zero-order valence-corrected chi connectivity index (χ0v) is 16.4. The number of hydrogen-bond donors (Lipinski definition) is 0. The Balaban J connectivity index is 3.45. The molecule has 138 valence electrons. The maximum absolute atomic E-state index is 4.99. The van der Waals surface area contributed by atoms with Crippen molar-refractivity contribution in [3.63, 3.8) is 0 Å². The first-order valence-electron chi connectivity index (χ1n) is 8.76. The van der Waals surface area contributed by atoms with Gasteiger partial charge in [-0.3, -0.25) is 0 Å². The van der Waals surface area contributed by atoms with E-state index in [0.29, 0.717) is 0 Å². The maximum atomic E-state index is 4.99. The number of rotatable bonds is 8. The van der Waals surface area contributed by atoms with Crippen LogP contribution in [0, 0.1) is 0 Å². The number of guanidine groups is 1. The van der Waals surface area contributed by atoms with Crippen LogP contribution in [-0.4, -0.2) is 34.4 Å². The van der Waals surface area contributed by atoms with E-state index < -0.39 is 0 Å². The van der Waals surface area contributed by atoms with Gasteiger partial charge in [-0.1, -0.05) is 62.8 Å². The van der Waals surface area contributed by atoms with Crippen LogP contribution in [0.5, 0.6) is 0 Å². The summed E-state index contributed by atoms with van der Waals surface area (Å²) in [5, 5.41) is 0. The van der Waals surface area contributed by atoms with E-state index in [1.54, 1.807) is 24.3 Å². The summed E-state index contributed by atoms with van der Waals surface area (Å²) >= 11 is 0. The lowest BCUT2D eigenvalue weighted by atomic mass is 10.1. The number of hydrogen-bond acceptors (Lipinski definition) is 1. The van der Waals surface area contributed by atoms with Crippen molar-refractivity contribution in [3.05, 3.63) is 98.5 Å². The Morgan fingerprint density at radius 1 is 0.808 bits per heavy atom. The molecule has 1 aliphatic rings. The van der Waals surface area contributed by atoms with Gasteiger partial charge in [-0.2, -0.15) is 0 Å². The fraction of sp³-hybridized carbons (Fsp3) is 0.261. The Kier molecular flexibility index (Phi) is 8.36. The minimum absolute atomic E-state index is 0.209. The predicted molar refractivity (Wildman–Crippen MR) is 116 cm³/mol. The second-order valence-electron chi connectivity index (χ2n) is 6.73. The Hall–Kier alpha value is -2.81. The standard InChI is InChI=1S/C23H31N3/c1-8-12-16-20(14-10-3)25-18-19-26(22(25)24-23(5,6)7)21(15-11-4)17-13-9-2/h8-17H,1-4,18-19H2,5-7H3/b16-12-,17-13-,20-14+,21-15+. The molecule has 1 fully saturated rings. The zero-order chi connectivity index (χ0) is 19.6. The minimum atomic E-state index is -0.209. The third kappa shape index (κ3) is 6.25. The first kappa shape index (κ1) is 21.2. The third-order valence-corrected chi connectivity index (χ3v) is 3.47. The molecule has 0 radical (unpaired) electrons. The molecule has 0 bridgehead atoms. The van der Waals surface area contributed by atoms with E-state index in [-0.39, 0.29) is 5.54 Å². The van der Waals surface area contributed by atoms with Gasteiger partial charge in [0.1, 0.15) is 0 Å². The topological polar surface area (TPSA) is 18.8 Å². The van der Waals surface area contributed by atoms with Crippen LogP contribution in [0.1, 0.15) is 20.8 Å². The smallest absolute Gasteiger partial charge is 0.206 e. The molecule has 1 saturated heterocycles. The van der Waals surface area contributed by atoms with Gasteiger partial charge in [0, 0.05) is 24.5 Å². The molecule has 0 atom stereocenters. The SMILES string of the molecule is C=C/C=C\C(=C/C=C)N1CCN(C(/C=C\C=C)=C/C=C)C1=NC(C)(C)C. The molecule has 0 aromatic carbocycles. The van der Waals surface area contributed by atoms with Crippen molar-refractivity contribution in [2.24, 2.45) is 4.99 Å². The van der Waals surface area contributed by atoms with E-state index in [1.165, 1.54) is 0 Å². The molecule has 3 heteroatoms. The van der Waals surface area contributed by atoms with E-state index in [2.05, 4.69) is 56.9 Å². The first-order valence-corrected chi connectivity index (χ1v) is 8.76. The van der Waals surface area contributed by atoms with E-state index in [1.807, 2.05) is 36.5 Å². The fourth-order valence-corrected chi connectivity index (χ4v) is 2.50.